The quantitative estimate of drug-likeness (QED) is 0.590. The second kappa shape index (κ2) is 7.02. The molecule has 7 nitrogen and oxygen atoms in total. The van der Waals surface area contributed by atoms with Gasteiger partial charge in [0.15, 0.2) is 0 Å². The highest BCUT2D eigenvalue weighted by Gasteiger charge is 2.20. The summed E-state index contributed by atoms with van der Waals surface area (Å²) in [5.74, 6) is 0.999. The molecule has 0 saturated carbocycles. The van der Waals surface area contributed by atoms with E-state index in [0.717, 1.165) is 0 Å². The van der Waals surface area contributed by atoms with Gasteiger partial charge in [-0.05, 0) is 32.9 Å². The maximum absolute atomic E-state index is 11.9. The molecular weight excluding hydrogens is 284 g/mol. The van der Waals surface area contributed by atoms with Crippen molar-refractivity contribution in [2.45, 2.75) is 26.3 Å². The molecule has 0 atom stereocenters. The maximum atomic E-state index is 11.9. The molecule has 0 aliphatic heterocycles. The van der Waals surface area contributed by atoms with Crippen molar-refractivity contribution in [3.05, 3.63) is 18.2 Å². The van der Waals surface area contributed by atoms with E-state index in [1.54, 1.807) is 25.2 Å². The average molecular weight is 308 g/mol. The monoisotopic (exact) mass is 308 g/mol. The molecule has 0 aromatic heterocycles. The van der Waals surface area contributed by atoms with Crippen molar-refractivity contribution in [3.8, 4) is 11.5 Å². The van der Waals surface area contributed by atoms with Crippen molar-refractivity contribution in [2.75, 3.05) is 26.2 Å². The van der Waals surface area contributed by atoms with Crippen LogP contribution < -0.4 is 25.0 Å². The molecule has 2 amide bonds. The number of hydrogen-bond donors (Lipinski definition) is 3. The zero-order chi connectivity index (χ0) is 16.9. The third-order valence-corrected chi connectivity index (χ3v) is 2.79. The van der Waals surface area contributed by atoms with Crippen LogP contribution in [0.15, 0.2) is 18.2 Å². The van der Waals surface area contributed by atoms with E-state index < -0.39 is 6.03 Å². The van der Waals surface area contributed by atoms with Gasteiger partial charge in [0, 0.05) is 12.6 Å². The Labute approximate surface area is 131 Å². The van der Waals surface area contributed by atoms with Crippen LogP contribution in [-0.2, 0) is 0 Å². The third-order valence-electron chi connectivity index (χ3n) is 2.79. The van der Waals surface area contributed by atoms with Crippen molar-refractivity contribution in [1.29, 1.82) is 5.41 Å². The molecule has 7 heteroatoms. The Hall–Kier alpha value is -2.44. The van der Waals surface area contributed by atoms with Crippen LogP contribution in [0, 0.1) is 5.41 Å². The lowest BCUT2D eigenvalue weighted by atomic mass is 10.1. The van der Waals surface area contributed by atoms with Gasteiger partial charge in [-0.15, -0.1) is 0 Å². The number of hydrogen-bond acceptors (Lipinski definition) is 4. The molecule has 0 fully saturated rings. The van der Waals surface area contributed by atoms with Crippen molar-refractivity contribution in [2.24, 2.45) is 0 Å². The second-order valence-electron chi connectivity index (χ2n) is 5.75. The zero-order valence-corrected chi connectivity index (χ0v) is 13.9. The summed E-state index contributed by atoms with van der Waals surface area (Å²) in [7, 11) is 4.73. The van der Waals surface area contributed by atoms with Gasteiger partial charge in [0.25, 0.3) is 0 Å². The highest BCUT2D eigenvalue weighted by atomic mass is 16.5. The number of nitrogens with one attached hydrogen (secondary N) is 3. The van der Waals surface area contributed by atoms with Gasteiger partial charge < -0.3 is 19.7 Å². The van der Waals surface area contributed by atoms with Crippen molar-refractivity contribution >= 4 is 17.7 Å². The van der Waals surface area contributed by atoms with E-state index in [-0.39, 0.29) is 11.5 Å². The third kappa shape index (κ3) is 4.54. The molecule has 0 unspecified atom stereocenters. The molecule has 0 aliphatic carbocycles. The van der Waals surface area contributed by atoms with Gasteiger partial charge in [-0.1, -0.05) is 6.07 Å². The van der Waals surface area contributed by atoms with Crippen LogP contribution in [0.2, 0.25) is 0 Å². The second-order valence-corrected chi connectivity index (χ2v) is 5.75. The number of ether oxygens (including phenoxy) is 2. The number of urea groups is 1. The summed E-state index contributed by atoms with van der Waals surface area (Å²) >= 11 is 0. The summed E-state index contributed by atoms with van der Waals surface area (Å²) in [5.41, 5.74) is 0.180. The summed E-state index contributed by atoms with van der Waals surface area (Å²) in [5, 5.41) is 13.3. The Bertz CT molecular complexity index is 530. The minimum atomic E-state index is -0.446. The van der Waals surface area contributed by atoms with Crippen molar-refractivity contribution < 1.29 is 14.3 Å². The minimum absolute atomic E-state index is 0.0930. The Morgan fingerprint density at radius 2 is 1.68 bits per heavy atom. The van der Waals surface area contributed by atoms with E-state index in [9.17, 15) is 4.79 Å². The highest BCUT2D eigenvalue weighted by molar-refractivity contribution is 6.04. The first kappa shape index (κ1) is 17.6. The number of carbonyl (C=O) groups excluding carboxylic acids is 1. The zero-order valence-electron chi connectivity index (χ0n) is 13.9. The summed E-state index contributed by atoms with van der Waals surface area (Å²) in [4.78, 5) is 13.3. The fourth-order valence-corrected chi connectivity index (χ4v) is 1.84. The largest absolute Gasteiger partial charge is 0.494 e. The predicted octanol–water partition coefficient (Wildman–Crippen LogP) is 2.17. The van der Waals surface area contributed by atoms with Crippen molar-refractivity contribution in [1.82, 2.24) is 10.6 Å². The van der Waals surface area contributed by atoms with Gasteiger partial charge in [0.2, 0.25) is 5.96 Å². The molecule has 3 N–H and O–H groups in total. The average Bonchev–Trinajstić information content (AvgIpc) is 2.43. The Morgan fingerprint density at radius 3 is 2.09 bits per heavy atom. The summed E-state index contributed by atoms with van der Waals surface area (Å²) in [6.45, 7) is 5.59. The molecule has 0 heterocycles. The first-order chi connectivity index (χ1) is 10.2. The number of anilines is 1. The molecule has 0 bridgehead atoms. The van der Waals surface area contributed by atoms with Crippen LogP contribution in [0.1, 0.15) is 20.8 Å². The maximum Gasteiger partial charge on any atom is 0.321 e. The van der Waals surface area contributed by atoms with Gasteiger partial charge in [-0.3, -0.25) is 10.7 Å². The summed E-state index contributed by atoms with van der Waals surface area (Å²) in [6.07, 6.45) is 0. The van der Waals surface area contributed by atoms with Gasteiger partial charge in [-0.2, -0.15) is 0 Å². The lowest BCUT2D eigenvalue weighted by Crippen LogP contribution is -2.51. The van der Waals surface area contributed by atoms with E-state index in [4.69, 9.17) is 14.9 Å². The molecule has 1 rings (SSSR count). The summed E-state index contributed by atoms with van der Waals surface area (Å²) < 4.78 is 10.6. The van der Waals surface area contributed by atoms with Gasteiger partial charge in [0.05, 0.1) is 14.2 Å². The Kier molecular flexibility index (Phi) is 5.62. The van der Waals surface area contributed by atoms with E-state index in [1.165, 1.54) is 19.1 Å². The fourth-order valence-electron chi connectivity index (χ4n) is 1.84. The number of amides is 2. The normalized spacial score (nSPS) is 10.6. The van der Waals surface area contributed by atoms with Crippen molar-refractivity contribution in [3.63, 3.8) is 0 Å². The lowest BCUT2D eigenvalue weighted by molar-refractivity contribution is 0.236. The number of guanidine groups is 1. The molecule has 0 spiro atoms. The van der Waals surface area contributed by atoms with E-state index in [0.29, 0.717) is 17.2 Å². The smallest absolute Gasteiger partial charge is 0.321 e. The first-order valence-corrected chi connectivity index (χ1v) is 6.82. The molecule has 22 heavy (non-hydrogen) atoms. The van der Waals surface area contributed by atoms with Gasteiger partial charge >= 0.3 is 6.03 Å². The molecule has 1 aromatic carbocycles. The van der Waals surface area contributed by atoms with Crippen LogP contribution in [0.4, 0.5) is 10.5 Å². The minimum Gasteiger partial charge on any atom is -0.494 e. The number of nitrogens with zero attached hydrogens (tertiary/aromatic N) is 1. The molecule has 0 aliphatic rings. The molecule has 122 valence electrons. The fraction of sp³-hybridized carbons (Fsp3) is 0.467. The van der Waals surface area contributed by atoms with E-state index in [2.05, 4.69) is 10.6 Å². The van der Waals surface area contributed by atoms with Crippen LogP contribution in [0.3, 0.4) is 0 Å². The predicted molar refractivity (Wildman–Crippen MR) is 87.1 cm³/mol. The van der Waals surface area contributed by atoms with Crippen LogP contribution in [0.5, 0.6) is 11.5 Å². The molecule has 1 aromatic rings. The number of carbonyl (C=O) groups is 1. The standard InChI is InChI=1S/C15H24N4O3/c1-15(2,3)18-14(20)17-13(16)19(4)12-10(21-5)8-7-9-11(12)22-6/h7-9H,1-6H3,(H3,16,17,18,20). The molecule has 0 saturated heterocycles. The Morgan fingerprint density at radius 1 is 1.18 bits per heavy atom. The molecular formula is C15H24N4O3. The number of rotatable bonds is 3. The van der Waals surface area contributed by atoms with Crippen LogP contribution in [-0.4, -0.2) is 38.8 Å². The van der Waals surface area contributed by atoms with Crippen LogP contribution in [0.25, 0.3) is 0 Å². The highest BCUT2D eigenvalue weighted by Crippen LogP contribution is 2.36. The van der Waals surface area contributed by atoms with E-state index >= 15 is 0 Å². The number of benzene rings is 1. The lowest BCUT2D eigenvalue weighted by Gasteiger charge is -2.26. The van der Waals surface area contributed by atoms with E-state index in [1.807, 2.05) is 20.8 Å². The molecule has 0 radical (unpaired) electrons. The topological polar surface area (TPSA) is 86.7 Å². The SMILES string of the molecule is COc1cccc(OC)c1N(C)C(=N)NC(=O)NC(C)(C)C. The summed E-state index contributed by atoms with van der Waals surface area (Å²) in [6, 6.07) is 4.87. The van der Waals surface area contributed by atoms with Gasteiger partial charge in [-0.25, -0.2) is 4.79 Å². The van der Waals surface area contributed by atoms with Gasteiger partial charge in [0.1, 0.15) is 17.2 Å². The number of methoxy groups -OCH3 is 2. The number of para-hydroxylation sites is 1. The van der Waals surface area contributed by atoms with Crippen LogP contribution >= 0.6 is 0 Å². The Balaban J connectivity index is 2.94. The first-order valence-electron chi connectivity index (χ1n) is 6.82.